The number of carbonyl (C=O) groups excluding carboxylic acids is 2. The molecule has 2 amide bonds. The van der Waals surface area contributed by atoms with Gasteiger partial charge in [0.05, 0.1) is 23.8 Å². The summed E-state index contributed by atoms with van der Waals surface area (Å²) in [5.41, 5.74) is 0.385. The molecule has 0 bridgehead atoms. The molecule has 0 aliphatic carbocycles. The van der Waals surface area contributed by atoms with Crippen LogP contribution in [0.2, 0.25) is 5.02 Å². The first-order chi connectivity index (χ1) is 13.6. The number of benzene rings is 1. The summed E-state index contributed by atoms with van der Waals surface area (Å²) in [6.07, 6.45) is 4.23. The lowest BCUT2D eigenvalue weighted by Crippen LogP contribution is -2.52. The van der Waals surface area contributed by atoms with E-state index in [2.05, 4.69) is 5.32 Å². The van der Waals surface area contributed by atoms with Crippen molar-refractivity contribution in [3.63, 3.8) is 0 Å². The molecule has 2 fully saturated rings. The molecule has 154 valence electrons. The zero-order valence-electron chi connectivity index (χ0n) is 16.1. The smallest absolute Gasteiger partial charge is 0.253 e. The van der Waals surface area contributed by atoms with Crippen molar-refractivity contribution in [2.45, 2.75) is 31.6 Å². The third-order valence-electron chi connectivity index (χ3n) is 5.13. The third-order valence-corrected chi connectivity index (χ3v) is 6.11. The molecular weight excluding hydrogens is 400 g/mol. The average molecular weight is 427 g/mol. The highest BCUT2D eigenvalue weighted by molar-refractivity contribution is 7.98. The predicted octanol–water partition coefficient (Wildman–Crippen LogP) is 2.80. The van der Waals surface area contributed by atoms with Crippen LogP contribution in [0.25, 0.3) is 0 Å². The van der Waals surface area contributed by atoms with E-state index in [-0.39, 0.29) is 24.0 Å². The molecule has 2 unspecified atom stereocenters. The molecule has 0 radical (unpaired) electrons. The highest BCUT2D eigenvalue weighted by Crippen LogP contribution is 2.25. The van der Waals surface area contributed by atoms with Crippen LogP contribution in [0, 0.1) is 5.92 Å². The Balaban J connectivity index is 1.66. The van der Waals surface area contributed by atoms with Crippen molar-refractivity contribution in [3.05, 3.63) is 34.9 Å². The normalized spacial score (nSPS) is 21.5. The van der Waals surface area contributed by atoms with E-state index in [1.807, 2.05) is 11.2 Å². The lowest BCUT2D eigenvalue weighted by molar-refractivity contribution is -0.141. The number of halogens is 1. The molecule has 0 aromatic heterocycles. The molecule has 1 aromatic carbocycles. The molecule has 2 aliphatic heterocycles. The summed E-state index contributed by atoms with van der Waals surface area (Å²) in [5.74, 6) is 0.601. The van der Waals surface area contributed by atoms with Gasteiger partial charge in [-0.2, -0.15) is 11.8 Å². The summed E-state index contributed by atoms with van der Waals surface area (Å²) < 4.78 is 11.3. The lowest BCUT2D eigenvalue weighted by atomic mass is 9.96. The second kappa shape index (κ2) is 10.5. The van der Waals surface area contributed by atoms with E-state index in [9.17, 15) is 9.59 Å². The van der Waals surface area contributed by atoms with Crippen LogP contribution < -0.4 is 5.32 Å². The van der Waals surface area contributed by atoms with Crippen LogP contribution in [-0.2, 0) is 14.3 Å². The van der Waals surface area contributed by atoms with Crippen LogP contribution in [0.5, 0.6) is 0 Å². The number of piperidine rings is 1. The Morgan fingerprint density at radius 2 is 2.07 bits per heavy atom. The highest BCUT2D eigenvalue weighted by atomic mass is 35.5. The molecule has 8 heteroatoms. The minimum atomic E-state index is -0.569. The van der Waals surface area contributed by atoms with Gasteiger partial charge in [0.2, 0.25) is 5.91 Å². The molecule has 1 aromatic rings. The van der Waals surface area contributed by atoms with Gasteiger partial charge in [-0.25, -0.2) is 0 Å². The first-order valence-corrected chi connectivity index (χ1v) is 11.4. The van der Waals surface area contributed by atoms with Crippen molar-refractivity contribution in [1.29, 1.82) is 0 Å². The number of carbonyl (C=O) groups is 2. The summed E-state index contributed by atoms with van der Waals surface area (Å²) in [4.78, 5) is 27.7. The van der Waals surface area contributed by atoms with Crippen LogP contribution in [0.15, 0.2) is 24.3 Å². The average Bonchev–Trinajstić information content (AvgIpc) is 3.26. The molecule has 1 N–H and O–H groups in total. The number of hydrogen-bond acceptors (Lipinski definition) is 5. The van der Waals surface area contributed by atoms with Gasteiger partial charge in [-0.3, -0.25) is 9.59 Å². The Hall–Kier alpha value is -1.28. The third kappa shape index (κ3) is 5.41. The SMILES string of the molecule is CSCCC(NC(=O)c1ccccc1Cl)C(=O)N1CCCC(C2OCCO2)C1. The topological polar surface area (TPSA) is 67.9 Å². The lowest BCUT2D eigenvalue weighted by Gasteiger charge is -2.36. The monoisotopic (exact) mass is 426 g/mol. The molecule has 2 aliphatic rings. The van der Waals surface area contributed by atoms with E-state index >= 15 is 0 Å². The van der Waals surface area contributed by atoms with Crippen molar-refractivity contribution < 1.29 is 19.1 Å². The van der Waals surface area contributed by atoms with Crippen molar-refractivity contribution in [2.75, 3.05) is 38.3 Å². The van der Waals surface area contributed by atoms with E-state index in [4.69, 9.17) is 21.1 Å². The summed E-state index contributed by atoms with van der Waals surface area (Å²) in [7, 11) is 0. The number of rotatable bonds is 7. The van der Waals surface area contributed by atoms with Gasteiger partial charge in [0.1, 0.15) is 6.04 Å². The van der Waals surface area contributed by atoms with Gasteiger partial charge in [-0.1, -0.05) is 23.7 Å². The van der Waals surface area contributed by atoms with E-state index < -0.39 is 6.04 Å². The maximum absolute atomic E-state index is 13.2. The summed E-state index contributed by atoms with van der Waals surface area (Å²) in [6.45, 7) is 2.51. The molecule has 0 spiro atoms. The standard InChI is InChI=1S/C20H27ClN2O4S/c1-28-12-8-17(22-18(24)15-6-2-3-7-16(15)21)19(25)23-9-4-5-14(13-23)20-26-10-11-27-20/h2-3,6-7,14,17,20H,4-5,8-13H2,1H3,(H,22,24). The van der Waals surface area contributed by atoms with Gasteiger partial charge >= 0.3 is 0 Å². The van der Waals surface area contributed by atoms with Crippen molar-refractivity contribution in [1.82, 2.24) is 10.2 Å². The number of ether oxygens (including phenoxy) is 2. The maximum Gasteiger partial charge on any atom is 0.253 e. The Bertz CT molecular complexity index is 684. The zero-order valence-corrected chi connectivity index (χ0v) is 17.6. The number of amides is 2. The fourth-order valence-corrected chi connectivity index (χ4v) is 4.37. The first kappa shape index (κ1) is 21.4. The summed E-state index contributed by atoms with van der Waals surface area (Å²) in [5, 5.41) is 3.28. The minimum absolute atomic E-state index is 0.0443. The largest absolute Gasteiger partial charge is 0.350 e. The Morgan fingerprint density at radius 1 is 1.32 bits per heavy atom. The van der Waals surface area contributed by atoms with E-state index in [0.717, 1.165) is 18.6 Å². The van der Waals surface area contributed by atoms with Gasteiger partial charge in [-0.15, -0.1) is 0 Å². The maximum atomic E-state index is 13.2. The number of likely N-dealkylation sites (tertiary alicyclic amines) is 1. The van der Waals surface area contributed by atoms with Crippen molar-refractivity contribution in [2.24, 2.45) is 5.92 Å². The van der Waals surface area contributed by atoms with Crippen molar-refractivity contribution >= 4 is 35.2 Å². The van der Waals surface area contributed by atoms with E-state index in [1.165, 1.54) is 0 Å². The molecule has 2 heterocycles. The summed E-state index contributed by atoms with van der Waals surface area (Å²) >= 11 is 7.79. The van der Waals surface area contributed by atoms with Gasteiger partial charge < -0.3 is 19.7 Å². The quantitative estimate of drug-likeness (QED) is 0.726. The van der Waals surface area contributed by atoms with Crippen LogP contribution in [-0.4, -0.2) is 67.4 Å². The van der Waals surface area contributed by atoms with Gasteiger partial charge in [-0.05, 0) is 43.4 Å². The highest BCUT2D eigenvalue weighted by Gasteiger charge is 2.35. The van der Waals surface area contributed by atoms with Crippen LogP contribution in [0.1, 0.15) is 29.6 Å². The fraction of sp³-hybridized carbons (Fsp3) is 0.600. The molecule has 0 saturated carbocycles. The van der Waals surface area contributed by atoms with Gasteiger partial charge in [0.15, 0.2) is 6.29 Å². The van der Waals surface area contributed by atoms with Gasteiger partial charge in [0, 0.05) is 19.0 Å². The van der Waals surface area contributed by atoms with Crippen LogP contribution in [0.3, 0.4) is 0 Å². The Labute approximate surface area is 175 Å². The Kier molecular flexibility index (Phi) is 8.02. The molecule has 2 saturated heterocycles. The molecule has 3 rings (SSSR count). The first-order valence-electron chi connectivity index (χ1n) is 9.66. The second-order valence-corrected chi connectivity index (χ2v) is 8.48. The van der Waals surface area contributed by atoms with Gasteiger partial charge in [0.25, 0.3) is 5.91 Å². The van der Waals surface area contributed by atoms with Crippen molar-refractivity contribution in [3.8, 4) is 0 Å². The number of hydrogen-bond donors (Lipinski definition) is 1. The molecule has 2 atom stereocenters. The molecular formula is C20H27ClN2O4S. The molecule has 28 heavy (non-hydrogen) atoms. The van der Waals surface area contributed by atoms with E-state index in [1.54, 1.807) is 36.0 Å². The number of nitrogens with zero attached hydrogens (tertiary/aromatic N) is 1. The predicted molar refractivity (Wildman–Crippen MR) is 111 cm³/mol. The zero-order chi connectivity index (χ0) is 19.9. The number of thioether (sulfide) groups is 1. The van der Waals surface area contributed by atoms with E-state index in [0.29, 0.717) is 43.3 Å². The second-order valence-electron chi connectivity index (χ2n) is 7.08. The minimum Gasteiger partial charge on any atom is -0.350 e. The van der Waals surface area contributed by atoms with Crippen LogP contribution in [0.4, 0.5) is 0 Å². The van der Waals surface area contributed by atoms with Crippen LogP contribution >= 0.6 is 23.4 Å². The Morgan fingerprint density at radius 3 is 2.79 bits per heavy atom. The number of nitrogens with one attached hydrogen (secondary N) is 1. The molecule has 6 nitrogen and oxygen atoms in total. The fourth-order valence-electron chi connectivity index (χ4n) is 3.68. The summed E-state index contributed by atoms with van der Waals surface area (Å²) in [6, 6.07) is 6.30.